The third kappa shape index (κ3) is 2.53. The number of hydrogen-bond donors (Lipinski definition) is 1. The fourth-order valence-electron chi connectivity index (χ4n) is 3.88. The second-order valence-corrected chi connectivity index (χ2v) is 6.98. The van der Waals surface area contributed by atoms with Crippen molar-refractivity contribution < 1.29 is 9.63 Å². The molecule has 0 amide bonds. The van der Waals surface area contributed by atoms with Crippen molar-refractivity contribution in [1.82, 2.24) is 10.1 Å². The Hall–Kier alpha value is -1.88. The maximum Gasteiger partial charge on any atom is 0.324 e. The number of hydrogen-bond acceptors (Lipinski definition) is 5. The van der Waals surface area contributed by atoms with Gasteiger partial charge in [-0.05, 0) is 25.2 Å². The van der Waals surface area contributed by atoms with Crippen molar-refractivity contribution in [3.8, 4) is 11.4 Å². The molecule has 2 aliphatic rings. The molecule has 1 aliphatic carbocycles. The molecular weight excluding hydrogens is 290 g/mol. The van der Waals surface area contributed by atoms with Gasteiger partial charge in [0, 0.05) is 24.6 Å². The van der Waals surface area contributed by atoms with Gasteiger partial charge in [0.05, 0.1) is 5.60 Å². The highest BCUT2D eigenvalue weighted by molar-refractivity contribution is 5.55. The largest absolute Gasteiger partial charge is 0.389 e. The Bertz CT molecular complexity index is 668. The van der Waals surface area contributed by atoms with Gasteiger partial charge in [-0.3, -0.25) is 0 Å². The zero-order valence-corrected chi connectivity index (χ0v) is 13.5. The van der Waals surface area contributed by atoms with E-state index in [0.29, 0.717) is 17.8 Å². The van der Waals surface area contributed by atoms with Gasteiger partial charge >= 0.3 is 6.01 Å². The lowest BCUT2D eigenvalue weighted by Gasteiger charge is -2.50. The first-order valence-electron chi connectivity index (χ1n) is 8.53. The van der Waals surface area contributed by atoms with Gasteiger partial charge < -0.3 is 14.5 Å². The van der Waals surface area contributed by atoms with Crippen molar-refractivity contribution in [3.05, 3.63) is 30.3 Å². The van der Waals surface area contributed by atoms with Crippen LogP contribution in [0.2, 0.25) is 0 Å². The van der Waals surface area contributed by atoms with Gasteiger partial charge in [-0.25, -0.2) is 0 Å². The van der Waals surface area contributed by atoms with Crippen LogP contribution >= 0.6 is 0 Å². The van der Waals surface area contributed by atoms with Gasteiger partial charge in [0.25, 0.3) is 0 Å². The summed E-state index contributed by atoms with van der Waals surface area (Å²) in [5.41, 5.74) is 0.440. The highest BCUT2D eigenvalue weighted by Crippen LogP contribution is 2.45. The first kappa shape index (κ1) is 14.7. The molecule has 2 aromatic rings. The summed E-state index contributed by atoms with van der Waals surface area (Å²) in [6, 6.07) is 10.4. The number of nitrogens with zero attached hydrogens (tertiary/aromatic N) is 3. The van der Waals surface area contributed by atoms with E-state index in [9.17, 15) is 5.11 Å². The van der Waals surface area contributed by atoms with Crippen molar-refractivity contribution in [1.29, 1.82) is 0 Å². The Labute approximate surface area is 136 Å². The van der Waals surface area contributed by atoms with Crippen LogP contribution in [0.1, 0.15) is 32.6 Å². The molecule has 5 nitrogen and oxygen atoms in total. The average molecular weight is 313 g/mol. The molecule has 2 fully saturated rings. The molecule has 1 aromatic heterocycles. The van der Waals surface area contributed by atoms with Crippen LogP contribution in [0.5, 0.6) is 0 Å². The smallest absolute Gasteiger partial charge is 0.324 e. The standard InChI is InChI=1S/C18H23N3O2/c1-13-12-21(11-10-18(13,22)15-8-5-9-15)17-19-16(20-23-17)14-6-3-2-4-7-14/h2-4,6-7,13,15,22H,5,8-12H2,1H3. The highest BCUT2D eigenvalue weighted by atomic mass is 16.5. The van der Waals surface area contributed by atoms with Gasteiger partial charge in [0.2, 0.25) is 5.82 Å². The van der Waals surface area contributed by atoms with E-state index >= 15 is 0 Å². The van der Waals surface area contributed by atoms with E-state index < -0.39 is 5.60 Å². The first-order valence-corrected chi connectivity index (χ1v) is 8.53. The molecular formula is C18H23N3O2. The molecule has 122 valence electrons. The number of rotatable bonds is 3. The van der Waals surface area contributed by atoms with Crippen LogP contribution in [0.15, 0.2) is 34.9 Å². The van der Waals surface area contributed by atoms with Crippen LogP contribution in [-0.2, 0) is 0 Å². The molecule has 2 heterocycles. The van der Waals surface area contributed by atoms with Gasteiger partial charge in [-0.15, -0.1) is 0 Å². The lowest BCUT2D eigenvalue weighted by Crippen LogP contribution is -2.56. The maximum absolute atomic E-state index is 11.0. The highest BCUT2D eigenvalue weighted by Gasteiger charge is 2.47. The normalized spacial score (nSPS) is 28.6. The van der Waals surface area contributed by atoms with E-state index in [0.717, 1.165) is 25.1 Å². The van der Waals surface area contributed by atoms with Gasteiger partial charge in [-0.2, -0.15) is 4.98 Å². The summed E-state index contributed by atoms with van der Waals surface area (Å²) in [7, 11) is 0. The second kappa shape index (κ2) is 5.64. The zero-order valence-electron chi connectivity index (χ0n) is 13.5. The Balaban J connectivity index is 1.49. The number of aliphatic hydroxyl groups is 1. The number of aromatic nitrogens is 2. The minimum atomic E-state index is -0.517. The van der Waals surface area contributed by atoms with E-state index in [1.165, 1.54) is 19.3 Å². The molecule has 2 unspecified atom stereocenters. The molecule has 0 spiro atoms. The predicted octanol–water partition coefficient (Wildman–Crippen LogP) is 3.11. The summed E-state index contributed by atoms with van der Waals surface area (Å²) in [6.45, 7) is 3.68. The Morgan fingerprint density at radius 3 is 2.70 bits per heavy atom. The molecule has 5 heteroatoms. The molecule has 1 saturated carbocycles. The Kier molecular flexibility index (Phi) is 3.60. The topological polar surface area (TPSA) is 62.4 Å². The predicted molar refractivity (Wildman–Crippen MR) is 88.0 cm³/mol. The monoisotopic (exact) mass is 313 g/mol. The van der Waals surface area contributed by atoms with Crippen LogP contribution in [0, 0.1) is 11.8 Å². The molecule has 0 radical (unpaired) electrons. The van der Waals surface area contributed by atoms with Crippen LogP contribution in [0.3, 0.4) is 0 Å². The third-order valence-corrected chi connectivity index (χ3v) is 5.66. The molecule has 4 rings (SSSR count). The first-order chi connectivity index (χ1) is 11.2. The van der Waals surface area contributed by atoms with Crippen molar-refractivity contribution in [2.45, 2.75) is 38.2 Å². The van der Waals surface area contributed by atoms with E-state index in [1.54, 1.807) is 0 Å². The molecule has 0 bridgehead atoms. The fourth-order valence-corrected chi connectivity index (χ4v) is 3.88. The van der Waals surface area contributed by atoms with Crippen LogP contribution in [0.25, 0.3) is 11.4 Å². The summed E-state index contributed by atoms with van der Waals surface area (Å²) >= 11 is 0. The lowest BCUT2D eigenvalue weighted by molar-refractivity contribution is -0.102. The molecule has 2 atom stereocenters. The van der Waals surface area contributed by atoms with Gasteiger partial charge in [0.15, 0.2) is 0 Å². The van der Waals surface area contributed by atoms with E-state index in [2.05, 4.69) is 22.0 Å². The maximum atomic E-state index is 11.0. The summed E-state index contributed by atoms with van der Waals surface area (Å²) < 4.78 is 5.46. The van der Waals surface area contributed by atoms with Gasteiger partial charge in [-0.1, -0.05) is 48.8 Å². The molecule has 23 heavy (non-hydrogen) atoms. The molecule has 1 saturated heterocycles. The van der Waals surface area contributed by atoms with Crippen LogP contribution < -0.4 is 4.90 Å². The molecule has 1 aliphatic heterocycles. The third-order valence-electron chi connectivity index (χ3n) is 5.66. The number of anilines is 1. The van der Waals surface area contributed by atoms with Gasteiger partial charge in [0.1, 0.15) is 0 Å². The molecule has 1 N–H and O–H groups in total. The minimum Gasteiger partial charge on any atom is -0.389 e. The minimum absolute atomic E-state index is 0.216. The summed E-state index contributed by atoms with van der Waals surface area (Å²) in [4.78, 5) is 6.64. The summed E-state index contributed by atoms with van der Waals surface area (Å²) in [5, 5.41) is 15.1. The van der Waals surface area contributed by atoms with E-state index in [1.807, 2.05) is 30.3 Å². The van der Waals surface area contributed by atoms with Crippen molar-refractivity contribution in [2.75, 3.05) is 18.0 Å². The summed E-state index contributed by atoms with van der Waals surface area (Å²) in [5.74, 6) is 1.31. The average Bonchev–Trinajstić information content (AvgIpc) is 2.99. The quantitative estimate of drug-likeness (QED) is 0.943. The number of piperidine rings is 1. The van der Waals surface area contributed by atoms with Crippen LogP contribution in [-0.4, -0.2) is 33.9 Å². The number of benzene rings is 1. The van der Waals surface area contributed by atoms with Crippen molar-refractivity contribution in [2.24, 2.45) is 11.8 Å². The fraction of sp³-hybridized carbons (Fsp3) is 0.556. The van der Waals surface area contributed by atoms with Crippen LogP contribution in [0.4, 0.5) is 6.01 Å². The molecule has 1 aromatic carbocycles. The van der Waals surface area contributed by atoms with E-state index in [-0.39, 0.29) is 5.92 Å². The van der Waals surface area contributed by atoms with Crippen molar-refractivity contribution in [3.63, 3.8) is 0 Å². The lowest BCUT2D eigenvalue weighted by atomic mass is 9.65. The Morgan fingerprint density at radius 1 is 1.26 bits per heavy atom. The zero-order chi connectivity index (χ0) is 15.9. The van der Waals surface area contributed by atoms with E-state index in [4.69, 9.17) is 4.52 Å². The second-order valence-electron chi connectivity index (χ2n) is 6.98. The SMILES string of the molecule is CC1CN(c2nc(-c3ccccc3)no2)CCC1(O)C1CCC1. The summed E-state index contributed by atoms with van der Waals surface area (Å²) in [6.07, 6.45) is 4.37. The Morgan fingerprint density at radius 2 is 2.04 bits per heavy atom. The van der Waals surface area contributed by atoms with Crippen molar-refractivity contribution >= 4 is 6.01 Å².